The van der Waals surface area contributed by atoms with E-state index in [9.17, 15) is 9.59 Å². The van der Waals surface area contributed by atoms with E-state index in [1.807, 2.05) is 13.8 Å². The lowest BCUT2D eigenvalue weighted by Crippen LogP contribution is -2.36. The number of aromatic amines is 1. The van der Waals surface area contributed by atoms with Crippen LogP contribution >= 0.6 is 11.6 Å². The molecule has 1 N–H and O–H groups in total. The summed E-state index contributed by atoms with van der Waals surface area (Å²) < 4.78 is 1.06. The largest absolute Gasteiger partial charge is 0.334 e. The second kappa shape index (κ2) is 5.40. The van der Waals surface area contributed by atoms with Crippen LogP contribution in [0.25, 0.3) is 5.69 Å². The molecule has 100 valence electrons. The Hall–Kier alpha value is -1.88. The molecule has 19 heavy (non-hydrogen) atoms. The average Bonchev–Trinajstić information content (AvgIpc) is 2.36. The molecule has 2 aromatic heterocycles. The number of aromatic nitrogens is 3. The number of nitrogens with one attached hydrogen (secondary N) is 1. The molecular weight excluding hydrogens is 266 g/mol. The van der Waals surface area contributed by atoms with Gasteiger partial charge in [-0.3, -0.25) is 14.8 Å². The standard InChI is InChI=1S/C13H14ClN3O2/c1-3-4-10-11(14)16-13(19)17(12(10)18)9-6-5-8(2)15-7-9/h5-7H,3-4H2,1-2H3,(H,16,19). The van der Waals surface area contributed by atoms with E-state index in [-0.39, 0.29) is 10.7 Å². The normalized spacial score (nSPS) is 10.7. The predicted molar refractivity (Wildman–Crippen MR) is 74.2 cm³/mol. The van der Waals surface area contributed by atoms with Crippen molar-refractivity contribution in [3.05, 3.63) is 55.6 Å². The monoisotopic (exact) mass is 279 g/mol. The second-order valence-electron chi connectivity index (χ2n) is 4.27. The van der Waals surface area contributed by atoms with Crippen molar-refractivity contribution in [2.45, 2.75) is 26.7 Å². The third-order valence-corrected chi connectivity index (χ3v) is 3.12. The van der Waals surface area contributed by atoms with Gasteiger partial charge in [0, 0.05) is 5.69 Å². The molecule has 2 heterocycles. The Morgan fingerprint density at radius 2 is 2.11 bits per heavy atom. The predicted octanol–water partition coefficient (Wildman–Crippen LogP) is 1.84. The van der Waals surface area contributed by atoms with Gasteiger partial charge in [-0.1, -0.05) is 24.9 Å². The molecule has 0 aromatic carbocycles. The number of nitrogens with zero attached hydrogens (tertiary/aromatic N) is 2. The van der Waals surface area contributed by atoms with Gasteiger partial charge in [0.25, 0.3) is 5.56 Å². The molecule has 0 unspecified atom stereocenters. The van der Waals surface area contributed by atoms with Gasteiger partial charge in [-0.2, -0.15) is 0 Å². The Bertz CT molecular complexity index is 701. The zero-order valence-electron chi connectivity index (χ0n) is 10.7. The summed E-state index contributed by atoms with van der Waals surface area (Å²) in [5.41, 5.74) is 0.730. The summed E-state index contributed by atoms with van der Waals surface area (Å²) in [4.78, 5) is 30.8. The van der Waals surface area contributed by atoms with Crippen LogP contribution in [0, 0.1) is 6.92 Å². The molecule has 2 rings (SSSR count). The fraction of sp³-hybridized carbons (Fsp3) is 0.308. The third-order valence-electron chi connectivity index (χ3n) is 2.80. The fourth-order valence-electron chi connectivity index (χ4n) is 1.84. The van der Waals surface area contributed by atoms with Crippen LogP contribution in [0.1, 0.15) is 24.6 Å². The van der Waals surface area contributed by atoms with E-state index in [0.29, 0.717) is 17.7 Å². The first-order valence-corrected chi connectivity index (χ1v) is 6.39. The van der Waals surface area contributed by atoms with E-state index in [4.69, 9.17) is 11.6 Å². The van der Waals surface area contributed by atoms with Gasteiger partial charge in [-0.25, -0.2) is 9.36 Å². The highest BCUT2D eigenvalue weighted by molar-refractivity contribution is 6.30. The number of hydrogen-bond acceptors (Lipinski definition) is 3. The van der Waals surface area contributed by atoms with Gasteiger partial charge < -0.3 is 0 Å². The van der Waals surface area contributed by atoms with E-state index in [1.54, 1.807) is 12.1 Å². The van der Waals surface area contributed by atoms with Crippen LogP contribution in [0.2, 0.25) is 5.15 Å². The molecule has 0 atom stereocenters. The summed E-state index contributed by atoms with van der Waals surface area (Å²) in [5, 5.41) is 0.119. The summed E-state index contributed by atoms with van der Waals surface area (Å²) in [6, 6.07) is 3.43. The molecule has 0 spiro atoms. The summed E-state index contributed by atoms with van der Waals surface area (Å²) >= 11 is 5.91. The first-order valence-electron chi connectivity index (χ1n) is 6.01. The van der Waals surface area contributed by atoms with E-state index >= 15 is 0 Å². The molecule has 0 radical (unpaired) electrons. The minimum atomic E-state index is -0.555. The lowest BCUT2D eigenvalue weighted by molar-refractivity contribution is 0.808. The maximum Gasteiger partial charge on any atom is 0.334 e. The third kappa shape index (κ3) is 2.61. The molecule has 6 heteroatoms. The van der Waals surface area contributed by atoms with Crippen molar-refractivity contribution in [3.63, 3.8) is 0 Å². The first kappa shape index (κ1) is 13.5. The smallest absolute Gasteiger partial charge is 0.297 e. The quantitative estimate of drug-likeness (QED) is 0.872. The van der Waals surface area contributed by atoms with E-state index < -0.39 is 5.69 Å². The molecule has 0 aliphatic carbocycles. The van der Waals surface area contributed by atoms with Crippen molar-refractivity contribution < 1.29 is 0 Å². The lowest BCUT2D eigenvalue weighted by Gasteiger charge is -2.08. The van der Waals surface area contributed by atoms with E-state index in [0.717, 1.165) is 16.7 Å². The lowest BCUT2D eigenvalue weighted by atomic mass is 10.2. The molecule has 0 fully saturated rings. The number of rotatable bonds is 3. The van der Waals surface area contributed by atoms with Gasteiger partial charge >= 0.3 is 5.69 Å². The molecule has 0 aliphatic heterocycles. The van der Waals surface area contributed by atoms with Crippen LogP contribution in [0.3, 0.4) is 0 Å². The van der Waals surface area contributed by atoms with Gasteiger partial charge in [0.15, 0.2) is 0 Å². The highest BCUT2D eigenvalue weighted by atomic mass is 35.5. The Morgan fingerprint density at radius 3 is 2.68 bits per heavy atom. The summed E-state index contributed by atoms with van der Waals surface area (Å²) in [6.45, 7) is 3.78. The van der Waals surface area contributed by atoms with Gasteiger partial charge in [0.2, 0.25) is 0 Å². The van der Waals surface area contributed by atoms with Crippen LogP contribution in [-0.2, 0) is 6.42 Å². The van der Waals surface area contributed by atoms with Crippen LogP contribution < -0.4 is 11.2 Å². The Kier molecular flexibility index (Phi) is 3.85. The molecule has 0 saturated heterocycles. The summed E-state index contributed by atoms with van der Waals surface area (Å²) in [7, 11) is 0. The molecular formula is C13H14ClN3O2. The maximum atomic E-state index is 12.3. The zero-order valence-corrected chi connectivity index (χ0v) is 11.5. The van der Waals surface area contributed by atoms with Gasteiger partial charge in [-0.05, 0) is 25.5 Å². The van der Waals surface area contributed by atoms with Crippen LogP contribution in [0.5, 0.6) is 0 Å². The Balaban J connectivity index is 2.70. The topological polar surface area (TPSA) is 67.8 Å². The number of H-pyrrole nitrogens is 1. The molecule has 0 amide bonds. The number of pyridine rings is 1. The van der Waals surface area contributed by atoms with E-state index in [1.165, 1.54) is 6.20 Å². The summed E-state index contributed by atoms with van der Waals surface area (Å²) in [6.07, 6.45) is 2.79. The second-order valence-corrected chi connectivity index (χ2v) is 4.65. The van der Waals surface area contributed by atoms with Crippen molar-refractivity contribution in [1.82, 2.24) is 14.5 Å². The van der Waals surface area contributed by atoms with Crippen LogP contribution in [0.4, 0.5) is 0 Å². The van der Waals surface area contributed by atoms with Gasteiger partial charge in [0.1, 0.15) is 5.15 Å². The molecule has 0 aliphatic rings. The van der Waals surface area contributed by atoms with Crippen molar-refractivity contribution >= 4 is 11.6 Å². The van der Waals surface area contributed by atoms with Gasteiger partial charge in [-0.15, -0.1) is 0 Å². The molecule has 2 aromatic rings. The van der Waals surface area contributed by atoms with Gasteiger partial charge in [0.05, 0.1) is 17.4 Å². The number of aryl methyl sites for hydroxylation is 1. The molecule has 5 nitrogen and oxygen atoms in total. The fourth-order valence-corrected chi connectivity index (χ4v) is 2.10. The first-order chi connectivity index (χ1) is 9.04. The van der Waals surface area contributed by atoms with Crippen molar-refractivity contribution in [2.75, 3.05) is 0 Å². The Labute approximate surface area is 114 Å². The minimum absolute atomic E-state index is 0.119. The number of hydrogen-bond donors (Lipinski definition) is 1. The van der Waals surface area contributed by atoms with E-state index in [2.05, 4.69) is 9.97 Å². The SMILES string of the molecule is CCCc1c(Cl)[nH]c(=O)n(-c2ccc(C)nc2)c1=O. The number of halogens is 1. The van der Waals surface area contributed by atoms with Crippen LogP contribution in [0.15, 0.2) is 27.9 Å². The van der Waals surface area contributed by atoms with Crippen molar-refractivity contribution in [1.29, 1.82) is 0 Å². The molecule has 0 saturated carbocycles. The Morgan fingerprint density at radius 1 is 1.37 bits per heavy atom. The highest BCUT2D eigenvalue weighted by Crippen LogP contribution is 2.10. The maximum absolute atomic E-state index is 12.3. The van der Waals surface area contributed by atoms with Crippen molar-refractivity contribution in [2.24, 2.45) is 0 Å². The molecule has 0 bridgehead atoms. The zero-order chi connectivity index (χ0) is 14.0. The summed E-state index contributed by atoms with van der Waals surface area (Å²) in [5.74, 6) is 0. The van der Waals surface area contributed by atoms with Crippen LogP contribution in [-0.4, -0.2) is 14.5 Å². The highest BCUT2D eigenvalue weighted by Gasteiger charge is 2.13. The van der Waals surface area contributed by atoms with Crippen molar-refractivity contribution in [3.8, 4) is 5.69 Å². The minimum Gasteiger partial charge on any atom is -0.297 e. The average molecular weight is 280 g/mol.